The van der Waals surface area contributed by atoms with Crippen LogP contribution in [0.4, 0.5) is 5.69 Å². The first kappa shape index (κ1) is 12.9. The summed E-state index contributed by atoms with van der Waals surface area (Å²) in [6.07, 6.45) is 1.70. The number of likely N-dealkylation sites (tertiary alicyclic amines) is 1. The number of carbonyl (C=O) groups excluding carboxylic acids is 1. The molecule has 1 aliphatic rings. The number of rotatable bonds is 5. The van der Waals surface area contributed by atoms with Crippen LogP contribution in [0.15, 0.2) is 24.3 Å². The Balaban J connectivity index is 1.80. The summed E-state index contributed by atoms with van der Waals surface area (Å²) < 4.78 is 0. The van der Waals surface area contributed by atoms with Crippen molar-refractivity contribution in [2.75, 3.05) is 18.8 Å². The van der Waals surface area contributed by atoms with Gasteiger partial charge in [0, 0.05) is 37.8 Å². The van der Waals surface area contributed by atoms with E-state index in [4.69, 9.17) is 5.73 Å². The van der Waals surface area contributed by atoms with E-state index in [1.807, 2.05) is 29.2 Å². The molecule has 0 saturated carbocycles. The Morgan fingerprint density at radius 1 is 1.44 bits per heavy atom. The normalized spacial score (nSPS) is 17.2. The van der Waals surface area contributed by atoms with Crippen molar-refractivity contribution in [3.05, 3.63) is 29.8 Å². The molecular formula is C14H21N3O. The third kappa shape index (κ3) is 3.23. The van der Waals surface area contributed by atoms with E-state index in [2.05, 4.69) is 12.2 Å². The molecule has 3 N–H and O–H groups in total. The van der Waals surface area contributed by atoms with E-state index >= 15 is 0 Å². The summed E-state index contributed by atoms with van der Waals surface area (Å²) in [6.45, 7) is 4.53. The molecule has 0 aliphatic carbocycles. The number of nitrogen functional groups attached to an aromatic ring is 1. The Morgan fingerprint density at radius 2 is 2.22 bits per heavy atom. The number of anilines is 1. The van der Waals surface area contributed by atoms with E-state index in [1.54, 1.807) is 0 Å². The van der Waals surface area contributed by atoms with Gasteiger partial charge in [-0.05, 0) is 25.0 Å². The second-order valence-corrected chi connectivity index (χ2v) is 4.92. The van der Waals surface area contributed by atoms with Crippen molar-refractivity contribution in [2.24, 2.45) is 0 Å². The average Bonchev–Trinajstić information content (AvgIpc) is 2.74. The van der Waals surface area contributed by atoms with Crippen molar-refractivity contribution in [3.8, 4) is 0 Å². The molecule has 2 rings (SSSR count). The van der Waals surface area contributed by atoms with Crippen molar-refractivity contribution in [2.45, 2.75) is 32.4 Å². The molecule has 1 saturated heterocycles. The van der Waals surface area contributed by atoms with Crippen LogP contribution < -0.4 is 11.1 Å². The molecular weight excluding hydrogens is 226 g/mol. The highest BCUT2D eigenvalue weighted by Crippen LogP contribution is 2.12. The molecule has 1 amide bonds. The zero-order valence-electron chi connectivity index (χ0n) is 10.9. The monoisotopic (exact) mass is 247 g/mol. The van der Waals surface area contributed by atoms with Crippen LogP contribution >= 0.6 is 0 Å². The van der Waals surface area contributed by atoms with Gasteiger partial charge in [-0.1, -0.05) is 18.2 Å². The third-order valence-corrected chi connectivity index (χ3v) is 3.36. The molecule has 1 unspecified atom stereocenters. The summed E-state index contributed by atoms with van der Waals surface area (Å²) in [4.78, 5) is 13.5. The smallest absolute Gasteiger partial charge is 0.222 e. The van der Waals surface area contributed by atoms with Gasteiger partial charge in [-0.15, -0.1) is 0 Å². The molecule has 98 valence electrons. The van der Waals surface area contributed by atoms with Crippen LogP contribution in [0.1, 0.15) is 25.3 Å². The van der Waals surface area contributed by atoms with Gasteiger partial charge < -0.3 is 16.0 Å². The van der Waals surface area contributed by atoms with Crippen LogP contribution in [-0.2, 0) is 11.3 Å². The lowest BCUT2D eigenvalue weighted by atomic mass is 10.1. The topological polar surface area (TPSA) is 58.4 Å². The fourth-order valence-corrected chi connectivity index (χ4v) is 2.27. The van der Waals surface area contributed by atoms with Crippen molar-refractivity contribution in [3.63, 3.8) is 0 Å². The molecule has 4 nitrogen and oxygen atoms in total. The largest absolute Gasteiger partial charge is 0.398 e. The van der Waals surface area contributed by atoms with Gasteiger partial charge in [0.25, 0.3) is 0 Å². The van der Waals surface area contributed by atoms with E-state index in [0.29, 0.717) is 6.42 Å². The maximum Gasteiger partial charge on any atom is 0.222 e. The maximum absolute atomic E-state index is 11.5. The first-order valence-corrected chi connectivity index (χ1v) is 6.51. The summed E-state index contributed by atoms with van der Waals surface area (Å²) in [5.74, 6) is 0.280. The number of benzene rings is 1. The summed E-state index contributed by atoms with van der Waals surface area (Å²) >= 11 is 0. The lowest BCUT2D eigenvalue weighted by molar-refractivity contribution is -0.127. The highest BCUT2D eigenvalue weighted by atomic mass is 16.2. The number of hydrogen-bond donors (Lipinski definition) is 2. The highest BCUT2D eigenvalue weighted by molar-refractivity contribution is 5.78. The number of hydrogen-bond acceptors (Lipinski definition) is 3. The predicted octanol–water partition coefficient (Wildman–Crippen LogP) is 1.37. The zero-order chi connectivity index (χ0) is 13.0. The predicted molar refractivity (Wildman–Crippen MR) is 73.0 cm³/mol. The van der Waals surface area contributed by atoms with Crippen LogP contribution in [0.3, 0.4) is 0 Å². The van der Waals surface area contributed by atoms with E-state index in [-0.39, 0.29) is 11.9 Å². The summed E-state index contributed by atoms with van der Waals surface area (Å²) in [5, 5.41) is 3.41. The van der Waals surface area contributed by atoms with Gasteiger partial charge in [0.1, 0.15) is 0 Å². The maximum atomic E-state index is 11.5. The number of carbonyl (C=O) groups is 1. The number of amides is 1. The van der Waals surface area contributed by atoms with E-state index in [1.165, 1.54) is 0 Å². The minimum absolute atomic E-state index is 0.280. The second-order valence-electron chi connectivity index (χ2n) is 4.92. The Labute approximate surface area is 108 Å². The molecule has 1 aliphatic heterocycles. The van der Waals surface area contributed by atoms with Crippen LogP contribution in [0, 0.1) is 0 Å². The van der Waals surface area contributed by atoms with Gasteiger partial charge in [-0.2, -0.15) is 0 Å². The molecule has 1 aromatic carbocycles. The van der Waals surface area contributed by atoms with Gasteiger partial charge in [-0.25, -0.2) is 0 Å². The van der Waals surface area contributed by atoms with Crippen LogP contribution in [-0.4, -0.2) is 29.9 Å². The molecule has 4 heteroatoms. The Hall–Kier alpha value is -1.55. The quantitative estimate of drug-likeness (QED) is 0.773. The molecule has 0 radical (unpaired) electrons. The summed E-state index contributed by atoms with van der Waals surface area (Å²) in [7, 11) is 0. The minimum Gasteiger partial charge on any atom is -0.398 e. The fourth-order valence-electron chi connectivity index (χ4n) is 2.27. The lowest BCUT2D eigenvalue weighted by Gasteiger charge is -2.22. The summed E-state index contributed by atoms with van der Waals surface area (Å²) in [6, 6.07) is 8.14. The van der Waals surface area contributed by atoms with Crippen molar-refractivity contribution in [1.82, 2.24) is 10.2 Å². The first-order valence-electron chi connectivity index (χ1n) is 6.51. The standard InChI is InChI=1S/C14H21N3O/c1-11(10-17-8-4-7-14(17)18)16-9-12-5-2-3-6-13(12)15/h2-3,5-6,11,16H,4,7-10,15H2,1H3. The number of nitrogens with two attached hydrogens (primary N) is 1. The molecule has 0 spiro atoms. The third-order valence-electron chi connectivity index (χ3n) is 3.36. The number of para-hydroxylation sites is 1. The van der Waals surface area contributed by atoms with Crippen molar-refractivity contribution < 1.29 is 4.79 Å². The molecule has 0 aromatic heterocycles. The Bertz CT molecular complexity index is 419. The van der Waals surface area contributed by atoms with Crippen LogP contribution in [0.2, 0.25) is 0 Å². The van der Waals surface area contributed by atoms with E-state index in [9.17, 15) is 4.79 Å². The number of nitrogens with one attached hydrogen (secondary N) is 1. The molecule has 0 bridgehead atoms. The highest BCUT2D eigenvalue weighted by Gasteiger charge is 2.21. The molecule has 1 aromatic rings. The van der Waals surface area contributed by atoms with Crippen LogP contribution in [0.5, 0.6) is 0 Å². The lowest BCUT2D eigenvalue weighted by Crippen LogP contribution is -2.39. The SMILES string of the molecule is CC(CN1CCCC1=O)NCc1ccccc1N. The first-order chi connectivity index (χ1) is 8.66. The average molecular weight is 247 g/mol. The molecule has 1 atom stereocenters. The van der Waals surface area contributed by atoms with Gasteiger partial charge in [0.2, 0.25) is 5.91 Å². The van der Waals surface area contributed by atoms with Crippen molar-refractivity contribution >= 4 is 11.6 Å². The zero-order valence-corrected chi connectivity index (χ0v) is 10.9. The fraction of sp³-hybridized carbons (Fsp3) is 0.500. The van der Waals surface area contributed by atoms with Crippen molar-refractivity contribution in [1.29, 1.82) is 0 Å². The Morgan fingerprint density at radius 3 is 2.89 bits per heavy atom. The van der Waals surface area contributed by atoms with Gasteiger partial charge in [-0.3, -0.25) is 4.79 Å². The van der Waals surface area contributed by atoms with E-state index < -0.39 is 0 Å². The van der Waals surface area contributed by atoms with Gasteiger partial charge >= 0.3 is 0 Å². The molecule has 18 heavy (non-hydrogen) atoms. The summed E-state index contributed by atoms with van der Waals surface area (Å²) in [5.41, 5.74) is 7.81. The molecule has 1 heterocycles. The minimum atomic E-state index is 0.280. The van der Waals surface area contributed by atoms with Crippen LogP contribution in [0.25, 0.3) is 0 Å². The Kier molecular flexibility index (Phi) is 4.20. The second kappa shape index (κ2) is 5.87. The van der Waals surface area contributed by atoms with Gasteiger partial charge in [0.15, 0.2) is 0 Å². The van der Waals surface area contributed by atoms with E-state index in [0.717, 1.165) is 37.3 Å². The number of nitrogens with zero attached hydrogens (tertiary/aromatic N) is 1. The molecule has 1 fully saturated rings. The van der Waals surface area contributed by atoms with Gasteiger partial charge in [0.05, 0.1) is 0 Å².